The molecule has 0 aromatic carbocycles. The fraction of sp³-hybridized carbons (Fsp3) is 1.00. The van der Waals surface area contributed by atoms with Crippen molar-refractivity contribution in [3.05, 3.63) is 0 Å². The zero-order chi connectivity index (χ0) is 7.14. The third-order valence-corrected chi connectivity index (χ3v) is 1.99. The van der Waals surface area contributed by atoms with Crippen LogP contribution in [0, 0.1) is 0 Å². The summed E-state index contributed by atoms with van der Waals surface area (Å²) in [7, 11) is 0. The summed E-state index contributed by atoms with van der Waals surface area (Å²) in [6.45, 7) is 0.376. The Labute approximate surface area is 58.4 Å². The summed E-state index contributed by atoms with van der Waals surface area (Å²) in [6, 6.07) is 0. The quantitative estimate of drug-likeness (QED) is 0.442. The SMILES string of the molecule is OC[C@H]1OC[C@H]2O[C@H]2[C@@H]1O. The number of aliphatic hydroxyl groups excluding tert-OH is 2. The van der Waals surface area contributed by atoms with Crippen LogP contribution in [0.25, 0.3) is 0 Å². The van der Waals surface area contributed by atoms with E-state index in [2.05, 4.69) is 0 Å². The first kappa shape index (κ1) is 6.54. The topological polar surface area (TPSA) is 62.2 Å². The van der Waals surface area contributed by atoms with Crippen molar-refractivity contribution in [1.82, 2.24) is 0 Å². The van der Waals surface area contributed by atoms with Gasteiger partial charge in [0.15, 0.2) is 0 Å². The largest absolute Gasteiger partial charge is 0.394 e. The molecule has 0 aromatic rings. The van der Waals surface area contributed by atoms with E-state index in [1.54, 1.807) is 0 Å². The second-order valence-corrected chi connectivity index (χ2v) is 2.68. The maximum absolute atomic E-state index is 9.27. The van der Waals surface area contributed by atoms with Crippen LogP contribution >= 0.6 is 0 Å². The molecule has 4 atom stereocenters. The Balaban J connectivity index is 1.97. The van der Waals surface area contributed by atoms with Gasteiger partial charge in [0.25, 0.3) is 0 Å². The fourth-order valence-corrected chi connectivity index (χ4v) is 1.28. The molecule has 2 saturated heterocycles. The number of hydrogen-bond acceptors (Lipinski definition) is 4. The smallest absolute Gasteiger partial charge is 0.115 e. The molecule has 2 aliphatic rings. The van der Waals surface area contributed by atoms with Crippen LogP contribution in [0.3, 0.4) is 0 Å². The molecule has 2 N–H and O–H groups in total. The van der Waals surface area contributed by atoms with E-state index < -0.39 is 12.2 Å². The van der Waals surface area contributed by atoms with Gasteiger partial charge in [-0.05, 0) is 0 Å². The van der Waals surface area contributed by atoms with E-state index in [0.717, 1.165) is 0 Å². The lowest BCUT2D eigenvalue weighted by molar-refractivity contribution is -0.0807. The average molecular weight is 146 g/mol. The highest BCUT2D eigenvalue weighted by Gasteiger charge is 2.51. The number of fused-ring (bicyclic) bond motifs is 1. The molecule has 4 heteroatoms. The van der Waals surface area contributed by atoms with Crippen molar-refractivity contribution in [2.75, 3.05) is 13.2 Å². The fourth-order valence-electron chi connectivity index (χ4n) is 1.28. The van der Waals surface area contributed by atoms with Gasteiger partial charge in [-0.2, -0.15) is 0 Å². The first-order valence-corrected chi connectivity index (χ1v) is 3.39. The van der Waals surface area contributed by atoms with Crippen molar-refractivity contribution < 1.29 is 19.7 Å². The van der Waals surface area contributed by atoms with Gasteiger partial charge in [0.2, 0.25) is 0 Å². The number of epoxide rings is 1. The van der Waals surface area contributed by atoms with Crippen LogP contribution in [0.1, 0.15) is 0 Å². The van der Waals surface area contributed by atoms with Crippen LogP contribution in [0.5, 0.6) is 0 Å². The molecule has 2 rings (SSSR count). The lowest BCUT2D eigenvalue weighted by Gasteiger charge is -2.22. The Morgan fingerprint density at radius 3 is 3.00 bits per heavy atom. The van der Waals surface area contributed by atoms with Gasteiger partial charge in [-0.1, -0.05) is 0 Å². The van der Waals surface area contributed by atoms with Crippen LogP contribution in [0.15, 0.2) is 0 Å². The number of ether oxygens (including phenoxy) is 2. The normalized spacial score (nSPS) is 52.2. The van der Waals surface area contributed by atoms with E-state index in [0.29, 0.717) is 6.61 Å². The Morgan fingerprint density at radius 1 is 1.50 bits per heavy atom. The molecule has 10 heavy (non-hydrogen) atoms. The highest BCUT2D eigenvalue weighted by molar-refractivity contribution is 4.97. The molecule has 0 aliphatic carbocycles. The molecule has 0 amide bonds. The molecule has 0 saturated carbocycles. The van der Waals surface area contributed by atoms with Crippen molar-refractivity contribution in [3.63, 3.8) is 0 Å². The third kappa shape index (κ3) is 0.845. The summed E-state index contributed by atoms with van der Waals surface area (Å²) in [5.41, 5.74) is 0. The van der Waals surface area contributed by atoms with Crippen molar-refractivity contribution >= 4 is 0 Å². The van der Waals surface area contributed by atoms with E-state index in [9.17, 15) is 5.11 Å². The lowest BCUT2D eigenvalue weighted by Crippen LogP contribution is -2.42. The Bertz CT molecular complexity index is 138. The van der Waals surface area contributed by atoms with Crippen molar-refractivity contribution in [1.29, 1.82) is 0 Å². The summed E-state index contributed by atoms with van der Waals surface area (Å²) in [4.78, 5) is 0. The third-order valence-electron chi connectivity index (χ3n) is 1.99. The summed E-state index contributed by atoms with van der Waals surface area (Å²) in [5, 5.41) is 17.9. The molecule has 0 aromatic heterocycles. The minimum Gasteiger partial charge on any atom is -0.394 e. The molecular weight excluding hydrogens is 136 g/mol. The summed E-state index contributed by atoms with van der Waals surface area (Å²) >= 11 is 0. The molecular formula is C6H10O4. The first-order valence-electron chi connectivity index (χ1n) is 3.39. The van der Waals surface area contributed by atoms with Gasteiger partial charge >= 0.3 is 0 Å². The lowest BCUT2D eigenvalue weighted by atomic mass is 10.1. The molecule has 4 nitrogen and oxygen atoms in total. The van der Waals surface area contributed by atoms with Crippen LogP contribution in [-0.2, 0) is 9.47 Å². The van der Waals surface area contributed by atoms with Gasteiger partial charge in [0.05, 0.1) is 13.2 Å². The van der Waals surface area contributed by atoms with Crippen LogP contribution in [0.2, 0.25) is 0 Å². The minimum absolute atomic E-state index is 0.0779. The highest BCUT2D eigenvalue weighted by Crippen LogP contribution is 2.32. The summed E-state index contributed by atoms with van der Waals surface area (Å²) in [6.07, 6.45) is -1.07. The van der Waals surface area contributed by atoms with Crippen molar-refractivity contribution in [3.8, 4) is 0 Å². The first-order chi connectivity index (χ1) is 4.83. The zero-order valence-corrected chi connectivity index (χ0v) is 5.43. The molecule has 2 heterocycles. The molecule has 0 radical (unpaired) electrons. The van der Waals surface area contributed by atoms with Crippen LogP contribution < -0.4 is 0 Å². The summed E-state index contributed by atoms with van der Waals surface area (Å²) < 4.78 is 10.1. The Morgan fingerprint density at radius 2 is 2.30 bits per heavy atom. The zero-order valence-electron chi connectivity index (χ0n) is 5.43. The second kappa shape index (κ2) is 2.17. The van der Waals surface area contributed by atoms with Gasteiger partial charge in [-0.3, -0.25) is 0 Å². The number of aliphatic hydroxyl groups is 2. The minimum atomic E-state index is -0.635. The molecule has 0 bridgehead atoms. The Kier molecular flexibility index (Phi) is 1.42. The van der Waals surface area contributed by atoms with E-state index in [1.807, 2.05) is 0 Å². The average Bonchev–Trinajstić information content (AvgIpc) is 2.68. The van der Waals surface area contributed by atoms with E-state index in [-0.39, 0.29) is 18.8 Å². The van der Waals surface area contributed by atoms with E-state index in [4.69, 9.17) is 14.6 Å². The standard InChI is InChI=1S/C6H10O4/c7-1-3-5(8)6-4(10-6)2-9-3/h3-8H,1-2H2/t3-,4-,5-,6-/m1/s1. The molecule has 2 fully saturated rings. The number of hydrogen-bond donors (Lipinski definition) is 2. The van der Waals surface area contributed by atoms with E-state index in [1.165, 1.54) is 0 Å². The molecule has 0 spiro atoms. The van der Waals surface area contributed by atoms with Gasteiger partial charge in [-0.25, -0.2) is 0 Å². The predicted molar refractivity (Wildman–Crippen MR) is 31.5 cm³/mol. The van der Waals surface area contributed by atoms with Crippen LogP contribution in [0.4, 0.5) is 0 Å². The van der Waals surface area contributed by atoms with Gasteiger partial charge in [-0.15, -0.1) is 0 Å². The van der Waals surface area contributed by atoms with Crippen LogP contribution in [-0.4, -0.2) is 47.8 Å². The van der Waals surface area contributed by atoms with E-state index >= 15 is 0 Å². The summed E-state index contributed by atoms with van der Waals surface area (Å²) in [5.74, 6) is 0. The maximum Gasteiger partial charge on any atom is 0.115 e. The Hall–Kier alpha value is -0.160. The molecule has 2 aliphatic heterocycles. The van der Waals surface area contributed by atoms with Gasteiger partial charge in [0.1, 0.15) is 24.4 Å². The van der Waals surface area contributed by atoms with Gasteiger partial charge in [0, 0.05) is 0 Å². The maximum atomic E-state index is 9.27. The molecule has 0 unspecified atom stereocenters. The predicted octanol–water partition coefficient (Wildman–Crippen LogP) is -1.49. The van der Waals surface area contributed by atoms with Gasteiger partial charge < -0.3 is 19.7 Å². The number of rotatable bonds is 1. The molecule has 58 valence electrons. The van der Waals surface area contributed by atoms with Crippen molar-refractivity contribution in [2.24, 2.45) is 0 Å². The van der Waals surface area contributed by atoms with Crippen molar-refractivity contribution in [2.45, 2.75) is 24.4 Å². The monoisotopic (exact) mass is 146 g/mol. The second-order valence-electron chi connectivity index (χ2n) is 2.68. The highest BCUT2D eigenvalue weighted by atomic mass is 16.6.